The van der Waals surface area contributed by atoms with Crippen molar-refractivity contribution in [2.24, 2.45) is 0 Å². The summed E-state index contributed by atoms with van der Waals surface area (Å²) >= 11 is 1.55. The summed E-state index contributed by atoms with van der Waals surface area (Å²) in [5.41, 5.74) is 0.728. The highest BCUT2D eigenvalue weighted by molar-refractivity contribution is 7.97. The average molecular weight is 381 g/mol. The van der Waals surface area contributed by atoms with Crippen molar-refractivity contribution in [2.45, 2.75) is 11.1 Å². The normalized spacial score (nSPS) is 16.3. The molecular weight excluding hydrogens is 367 g/mol. The molecule has 0 amide bonds. The van der Waals surface area contributed by atoms with Crippen LogP contribution >= 0.6 is 11.9 Å². The summed E-state index contributed by atoms with van der Waals surface area (Å²) in [4.78, 5) is 6.89. The highest BCUT2D eigenvalue weighted by Gasteiger charge is 2.31. The van der Waals surface area contributed by atoms with Gasteiger partial charge in [0.25, 0.3) is 0 Å². The van der Waals surface area contributed by atoms with Gasteiger partial charge in [-0.1, -0.05) is 6.07 Å². The second-order valence-electron chi connectivity index (χ2n) is 5.80. The lowest BCUT2D eigenvalue weighted by molar-refractivity contribution is -0.137. The molecule has 136 valence electrons. The maximum absolute atomic E-state index is 12.9. The summed E-state index contributed by atoms with van der Waals surface area (Å²) in [6, 6.07) is 7.75. The van der Waals surface area contributed by atoms with Crippen LogP contribution < -0.4 is 4.90 Å². The molecule has 0 spiro atoms. The van der Waals surface area contributed by atoms with Crippen LogP contribution in [0, 0.1) is 0 Å². The molecule has 2 aromatic heterocycles. The van der Waals surface area contributed by atoms with Crippen LogP contribution in [0.3, 0.4) is 0 Å². The molecule has 1 fully saturated rings. The molecule has 0 N–H and O–H groups in total. The average Bonchev–Trinajstić information content (AvgIpc) is 3.12. The van der Waals surface area contributed by atoms with Gasteiger partial charge in [0.2, 0.25) is 0 Å². The molecule has 3 aromatic rings. The summed E-state index contributed by atoms with van der Waals surface area (Å²) in [5, 5.41) is 7.74. The highest BCUT2D eigenvalue weighted by atomic mass is 32.2. The second-order valence-corrected chi connectivity index (χ2v) is 6.93. The Bertz CT molecular complexity index is 908. The van der Waals surface area contributed by atoms with Crippen molar-refractivity contribution in [3.63, 3.8) is 0 Å². The minimum absolute atomic E-state index is 0.354. The van der Waals surface area contributed by atoms with E-state index in [1.807, 2.05) is 23.1 Å². The number of halogens is 3. The number of alkyl halides is 3. The van der Waals surface area contributed by atoms with Gasteiger partial charge in [0.1, 0.15) is 16.9 Å². The maximum Gasteiger partial charge on any atom is 0.416 e. The SMILES string of the molecule is FC(F)(F)c1ccnc(N2CCN(Sc3cccc4nonc34)CC2)c1. The predicted octanol–water partition coefficient (Wildman–Crippen LogP) is 3.47. The topological polar surface area (TPSA) is 58.3 Å². The molecule has 10 heteroatoms. The summed E-state index contributed by atoms with van der Waals surface area (Å²) in [6.07, 6.45) is -3.16. The first-order valence-electron chi connectivity index (χ1n) is 7.93. The van der Waals surface area contributed by atoms with E-state index in [1.54, 1.807) is 11.9 Å². The first kappa shape index (κ1) is 17.1. The Balaban J connectivity index is 1.42. The molecule has 0 unspecified atom stereocenters. The van der Waals surface area contributed by atoms with Gasteiger partial charge in [0.05, 0.1) is 10.5 Å². The van der Waals surface area contributed by atoms with Crippen LogP contribution in [0.2, 0.25) is 0 Å². The lowest BCUT2D eigenvalue weighted by Crippen LogP contribution is -2.43. The van der Waals surface area contributed by atoms with E-state index in [0.717, 1.165) is 17.0 Å². The number of pyridine rings is 1. The minimum atomic E-state index is -4.36. The molecule has 1 aromatic carbocycles. The highest BCUT2D eigenvalue weighted by Crippen LogP contribution is 2.32. The number of piperazine rings is 1. The van der Waals surface area contributed by atoms with Crippen molar-refractivity contribution in [3.05, 3.63) is 42.1 Å². The lowest BCUT2D eigenvalue weighted by Gasteiger charge is -2.34. The summed E-state index contributed by atoms with van der Waals surface area (Å²) in [7, 11) is 0. The van der Waals surface area contributed by atoms with E-state index < -0.39 is 11.7 Å². The van der Waals surface area contributed by atoms with Crippen LogP contribution in [0.5, 0.6) is 0 Å². The van der Waals surface area contributed by atoms with Crippen molar-refractivity contribution in [2.75, 3.05) is 31.1 Å². The third kappa shape index (κ3) is 3.47. The van der Waals surface area contributed by atoms with Gasteiger partial charge >= 0.3 is 6.18 Å². The predicted molar refractivity (Wildman–Crippen MR) is 90.7 cm³/mol. The zero-order chi connectivity index (χ0) is 18.1. The second kappa shape index (κ2) is 6.76. The molecule has 0 saturated carbocycles. The Morgan fingerprint density at radius 2 is 1.85 bits per heavy atom. The van der Waals surface area contributed by atoms with E-state index in [2.05, 4.69) is 19.6 Å². The van der Waals surface area contributed by atoms with E-state index in [0.29, 0.717) is 43.0 Å². The minimum Gasteiger partial charge on any atom is -0.354 e. The van der Waals surface area contributed by atoms with Gasteiger partial charge < -0.3 is 4.90 Å². The van der Waals surface area contributed by atoms with E-state index in [9.17, 15) is 13.2 Å². The zero-order valence-electron chi connectivity index (χ0n) is 13.5. The third-order valence-corrected chi connectivity index (χ3v) is 5.26. The summed E-state index contributed by atoms with van der Waals surface area (Å²) in [6.45, 7) is 2.55. The smallest absolute Gasteiger partial charge is 0.354 e. The van der Waals surface area contributed by atoms with Crippen LogP contribution in [0.15, 0.2) is 46.1 Å². The standard InChI is InChI=1S/C16H14F3N5OS/c17-16(18,19)11-4-5-20-14(10-11)23-6-8-24(9-7-23)26-13-3-1-2-12-15(13)22-25-21-12/h1-5,10H,6-9H2. The Morgan fingerprint density at radius 3 is 2.62 bits per heavy atom. The van der Waals surface area contributed by atoms with Crippen molar-refractivity contribution < 1.29 is 17.8 Å². The summed E-state index contributed by atoms with van der Waals surface area (Å²) in [5.74, 6) is 0.354. The van der Waals surface area contributed by atoms with Crippen LogP contribution in [-0.4, -0.2) is 45.8 Å². The van der Waals surface area contributed by atoms with E-state index in [-0.39, 0.29) is 0 Å². The fourth-order valence-electron chi connectivity index (χ4n) is 2.77. The van der Waals surface area contributed by atoms with E-state index in [1.165, 1.54) is 6.20 Å². The molecule has 1 aliphatic heterocycles. The number of fused-ring (bicyclic) bond motifs is 1. The first-order valence-corrected chi connectivity index (χ1v) is 8.70. The molecule has 0 radical (unpaired) electrons. The van der Waals surface area contributed by atoms with Crippen LogP contribution in [0.25, 0.3) is 11.0 Å². The Hall–Kier alpha value is -2.33. The van der Waals surface area contributed by atoms with Crippen LogP contribution in [0.4, 0.5) is 19.0 Å². The Morgan fingerprint density at radius 1 is 1.04 bits per heavy atom. The number of anilines is 1. The van der Waals surface area contributed by atoms with Crippen molar-refractivity contribution >= 4 is 28.8 Å². The fraction of sp³-hybridized carbons (Fsp3) is 0.312. The molecule has 6 nitrogen and oxygen atoms in total. The molecule has 0 atom stereocenters. The quantitative estimate of drug-likeness (QED) is 0.644. The van der Waals surface area contributed by atoms with Gasteiger partial charge in [-0.3, -0.25) is 0 Å². The number of rotatable bonds is 3. The molecular formula is C16H14F3N5OS. The molecule has 4 rings (SSSR count). The number of hydrogen-bond acceptors (Lipinski definition) is 7. The van der Waals surface area contributed by atoms with Crippen molar-refractivity contribution in [1.82, 2.24) is 19.6 Å². The van der Waals surface area contributed by atoms with Gasteiger partial charge in [-0.25, -0.2) is 13.9 Å². The van der Waals surface area contributed by atoms with Gasteiger partial charge in [-0.2, -0.15) is 13.2 Å². The Kier molecular flexibility index (Phi) is 4.45. The number of nitrogens with zero attached hydrogens (tertiary/aromatic N) is 5. The number of benzene rings is 1. The molecule has 0 bridgehead atoms. The van der Waals surface area contributed by atoms with Gasteiger partial charge in [0, 0.05) is 32.4 Å². The fourth-order valence-corrected chi connectivity index (χ4v) is 3.76. The molecule has 26 heavy (non-hydrogen) atoms. The first-order chi connectivity index (χ1) is 12.5. The molecule has 1 saturated heterocycles. The zero-order valence-corrected chi connectivity index (χ0v) is 14.3. The van der Waals surface area contributed by atoms with Crippen molar-refractivity contribution in [1.29, 1.82) is 0 Å². The Labute approximate surface area is 151 Å². The van der Waals surface area contributed by atoms with Gasteiger partial charge in [-0.05, 0) is 46.5 Å². The van der Waals surface area contributed by atoms with Crippen molar-refractivity contribution in [3.8, 4) is 0 Å². The maximum atomic E-state index is 12.9. The van der Waals surface area contributed by atoms with E-state index >= 15 is 0 Å². The van der Waals surface area contributed by atoms with Crippen LogP contribution in [0.1, 0.15) is 5.56 Å². The molecule has 1 aliphatic rings. The summed E-state index contributed by atoms with van der Waals surface area (Å²) < 4.78 is 45.5. The monoisotopic (exact) mass is 381 g/mol. The van der Waals surface area contributed by atoms with Crippen LogP contribution in [-0.2, 0) is 6.18 Å². The third-order valence-electron chi connectivity index (χ3n) is 4.11. The molecule has 0 aliphatic carbocycles. The van der Waals surface area contributed by atoms with E-state index in [4.69, 9.17) is 4.63 Å². The lowest BCUT2D eigenvalue weighted by atomic mass is 10.2. The molecule has 3 heterocycles. The number of hydrogen-bond donors (Lipinski definition) is 0. The number of aromatic nitrogens is 3. The largest absolute Gasteiger partial charge is 0.416 e. The van der Waals surface area contributed by atoms with Gasteiger partial charge in [0.15, 0.2) is 0 Å². The van der Waals surface area contributed by atoms with Gasteiger partial charge in [-0.15, -0.1) is 0 Å².